The molecule has 1 rings (SSSR count). The first kappa shape index (κ1) is 77.1. The second-order valence-corrected chi connectivity index (χ2v) is 35.7. The minimum absolute atomic E-state index is 0.0957. The van der Waals surface area contributed by atoms with Crippen LogP contribution in [0.3, 0.4) is 0 Å². The predicted molar refractivity (Wildman–Crippen MR) is 285 cm³/mol. The Morgan fingerprint density at radius 1 is 0.397 bits per heavy atom. The Bertz CT molecular complexity index is 758. The fourth-order valence-electron chi connectivity index (χ4n) is 8.72. The first-order chi connectivity index (χ1) is 26.7. The van der Waals surface area contributed by atoms with Crippen LogP contribution in [-0.4, -0.2) is 86.9 Å². The molecule has 0 spiro atoms. The number of carbonyl (C=O) groups excluding carboxylic acids is 1. The van der Waals surface area contributed by atoms with E-state index in [0.29, 0.717) is 0 Å². The van der Waals surface area contributed by atoms with Gasteiger partial charge in [0, 0.05) is 38.8 Å². The van der Waals surface area contributed by atoms with Crippen molar-refractivity contribution in [1.29, 1.82) is 0 Å². The normalized spacial score (nSPS) is 10.6. The van der Waals surface area contributed by atoms with Crippen LogP contribution in [-0.2, 0) is 39.4 Å². The molecule has 0 radical (unpaired) electrons. The Kier molecular flexibility index (Phi) is 68.5. The molecule has 0 unspecified atom stereocenters. The topological polar surface area (TPSA) is 37.3 Å². The van der Waals surface area contributed by atoms with Gasteiger partial charge in [-0.15, -0.1) is 0 Å². The van der Waals surface area contributed by atoms with Crippen LogP contribution in [0.4, 0.5) is 0 Å². The molecule has 0 fully saturated rings. The van der Waals surface area contributed by atoms with Gasteiger partial charge in [-0.05, 0) is 166 Å². The molecule has 0 heterocycles. The van der Waals surface area contributed by atoms with E-state index in [4.69, 9.17) is 23.1 Å². The van der Waals surface area contributed by atoms with Gasteiger partial charge in [-0.2, -0.15) is 35.4 Å². The first-order valence-electron chi connectivity index (χ1n) is 21.3. The number of halogens is 2. The molecule has 1 aromatic carbocycles. The molecule has 1 aromatic rings. The molecule has 1 N–H and O–H groups in total. The second kappa shape index (κ2) is 51.5. The second-order valence-electron chi connectivity index (χ2n) is 17.9. The molecule has 0 aliphatic heterocycles. The van der Waals surface area contributed by atoms with Gasteiger partial charge in [0.25, 0.3) is 0 Å². The van der Waals surface area contributed by atoms with Crippen molar-refractivity contribution >= 4 is 70.0 Å². The third-order valence-electron chi connectivity index (χ3n) is 9.32. The number of rotatable bonds is 14. The fraction of sp³-hybridized carbons (Fsp3) is 0.771. The zero-order chi connectivity index (χ0) is 48.6. The summed E-state index contributed by atoms with van der Waals surface area (Å²) in [6.07, 6.45) is 3.11. The van der Waals surface area contributed by atoms with Crippen LogP contribution < -0.4 is 0 Å². The number of hydrogen-bond donors (Lipinski definition) is 1. The predicted octanol–water partition coefficient (Wildman–Crippen LogP) is 17.0. The fourth-order valence-corrected chi connectivity index (χ4v) is 24.7. The van der Waals surface area contributed by atoms with Gasteiger partial charge in [0.15, 0.2) is 0 Å². The average Bonchev–Trinajstić information content (AvgIpc) is 3.10. The van der Waals surface area contributed by atoms with Gasteiger partial charge < -0.3 is 9.90 Å². The third kappa shape index (κ3) is 45.9. The Labute approximate surface area is 401 Å². The van der Waals surface area contributed by atoms with Gasteiger partial charge >= 0.3 is 54.0 Å². The number of aliphatic hydroxyl groups excluding tert-OH is 1. The first-order valence-corrected chi connectivity index (χ1v) is 32.7. The summed E-state index contributed by atoms with van der Waals surface area (Å²) in [5, 5.41) is 7.00. The minimum atomic E-state index is -0.0957. The van der Waals surface area contributed by atoms with Crippen LogP contribution in [0.2, 0.25) is 0 Å². The standard InChI is InChI=1S/C10H8.4C9H21P.CH4O.CHO.2ClH.2Ru/c1-3-9-5-7-10(4-2)8-6-9;4*1-7(2)10(8(3)4)9(5)6;2*1-2;;;;/h1-8H;4*7-9H,1-6H3;2H,1H3;1H;2*1H;;/q-2;;;;;;-1;;;+2;+3/p+2. The van der Waals surface area contributed by atoms with E-state index in [0.717, 1.165) is 86.1 Å². The van der Waals surface area contributed by atoms with Crippen LogP contribution in [0.5, 0.6) is 0 Å². The van der Waals surface area contributed by atoms with E-state index in [1.165, 1.54) is 0 Å². The van der Waals surface area contributed by atoms with Gasteiger partial charge in [0.1, 0.15) is 0 Å². The van der Waals surface area contributed by atoms with E-state index in [9.17, 15) is 0 Å². The number of aliphatic hydroxyl groups is 1. The summed E-state index contributed by atoms with van der Waals surface area (Å²) in [5.41, 5.74) is 13.2. The molecule has 0 saturated heterocycles. The van der Waals surface area contributed by atoms with E-state index in [2.05, 4.69) is 192 Å². The molecule has 2 nitrogen and oxygen atoms in total. The number of hydrogen-bond acceptors (Lipinski definition) is 2. The summed E-state index contributed by atoms with van der Waals surface area (Å²) in [7, 11) is 9.76. The zero-order valence-corrected chi connectivity index (χ0v) is 51.4. The van der Waals surface area contributed by atoms with Gasteiger partial charge in [-0.25, -0.2) is 12.2 Å². The Hall–Kier alpha value is 1.88. The summed E-state index contributed by atoms with van der Waals surface area (Å²) in [4.78, 5) is 7.75. The van der Waals surface area contributed by atoms with Crippen LogP contribution in [0.15, 0.2) is 24.3 Å². The van der Waals surface area contributed by atoms with E-state index < -0.39 is 0 Å². The SMILES string of the molecule is CC(C)[PH+](C(C)C)C(C)C.CC(C)[PH+](C(C)C)C(C)C.CC(C)[PH+](C(C)C)C(C)C.CC(C)[PH+](C(C)C)C(C)C.CO.[CH-]=Cc1ccc(C=[CH-])cc1.[CH-]=O.[Cl][Ru+2].[Cl][Ru+]. The van der Waals surface area contributed by atoms with Crippen molar-refractivity contribution in [1.82, 2.24) is 0 Å². The summed E-state index contributed by atoms with van der Waals surface area (Å²) < 4.78 is 0. The Balaban J connectivity index is -0.0000000858. The molecular weight excluding hydrogens is 1010 g/mol. The van der Waals surface area contributed by atoms with E-state index in [1.807, 2.05) is 58.9 Å². The maximum atomic E-state index is 7.75. The molecule has 0 saturated carbocycles. The summed E-state index contributed by atoms with van der Waals surface area (Å²) in [5.74, 6) is 0. The van der Waals surface area contributed by atoms with Crippen LogP contribution >= 0.6 is 51.1 Å². The van der Waals surface area contributed by atoms with E-state index in [1.54, 1.807) is 12.2 Å². The molecule has 0 atom stereocenters. The zero-order valence-electron chi connectivity index (χ0n) is 42.4. The van der Waals surface area contributed by atoms with Crippen molar-refractivity contribution in [2.75, 3.05) is 7.11 Å². The van der Waals surface area contributed by atoms with Crippen molar-refractivity contribution in [2.24, 2.45) is 0 Å². The summed E-state index contributed by atoms with van der Waals surface area (Å²) >= 11 is 3.64. The van der Waals surface area contributed by atoms with Gasteiger partial charge in [0.05, 0.1) is 67.9 Å². The molecule has 10 heteroatoms. The third-order valence-corrected chi connectivity index (χ3v) is 25.3. The Morgan fingerprint density at radius 3 is 0.517 bits per heavy atom. The van der Waals surface area contributed by atoms with E-state index >= 15 is 0 Å². The summed E-state index contributed by atoms with van der Waals surface area (Å²) in [6, 6.07) is 7.66. The van der Waals surface area contributed by atoms with Crippen LogP contribution in [0.25, 0.3) is 12.2 Å². The van der Waals surface area contributed by atoms with E-state index in [-0.39, 0.29) is 31.7 Å². The van der Waals surface area contributed by atoms with Gasteiger partial charge in [0.2, 0.25) is 0 Å². The van der Waals surface area contributed by atoms with Crippen LogP contribution in [0, 0.1) is 13.2 Å². The molecule has 0 amide bonds. The van der Waals surface area contributed by atoms with Gasteiger partial charge in [-0.1, -0.05) is 0 Å². The molecule has 0 aromatic heterocycles. The Morgan fingerprint density at radius 2 is 0.483 bits per heavy atom. The van der Waals surface area contributed by atoms with Crippen molar-refractivity contribution in [3.8, 4) is 0 Å². The molecule has 58 heavy (non-hydrogen) atoms. The molecule has 0 bridgehead atoms. The van der Waals surface area contributed by atoms with Crippen molar-refractivity contribution in [3.05, 3.63) is 48.6 Å². The van der Waals surface area contributed by atoms with Crippen molar-refractivity contribution < 1.29 is 44.5 Å². The monoisotopic (exact) mass is 1110 g/mol. The molecule has 351 valence electrons. The molecular formula is C48H101Cl2O2P4Ru2+4. The van der Waals surface area contributed by atoms with Crippen LogP contribution in [0.1, 0.15) is 177 Å². The van der Waals surface area contributed by atoms with Crippen molar-refractivity contribution in [3.63, 3.8) is 0 Å². The average molecular weight is 1110 g/mol. The molecule has 0 aliphatic rings. The maximum absolute atomic E-state index is 7.75. The quantitative estimate of drug-likeness (QED) is 0.0872. The molecule has 0 aliphatic carbocycles. The number of benzene rings is 1. The summed E-state index contributed by atoms with van der Waals surface area (Å²) in [6.45, 7) is 70.7. The van der Waals surface area contributed by atoms with Crippen molar-refractivity contribution in [2.45, 2.75) is 234 Å². The van der Waals surface area contributed by atoms with Gasteiger partial charge in [-0.3, -0.25) is 19.9 Å².